The van der Waals surface area contributed by atoms with Crippen molar-refractivity contribution >= 4 is 0 Å². The molecule has 1 saturated heterocycles. The fraction of sp³-hybridized carbons (Fsp3) is 0.600. The topological polar surface area (TPSA) is 57.0 Å². The van der Waals surface area contributed by atoms with Crippen LogP contribution < -0.4 is 15.2 Å². The number of hydrogen-bond acceptors (Lipinski definition) is 5. The van der Waals surface area contributed by atoms with Gasteiger partial charge in [0.1, 0.15) is 0 Å². The van der Waals surface area contributed by atoms with Gasteiger partial charge in [-0.15, -0.1) is 0 Å². The summed E-state index contributed by atoms with van der Waals surface area (Å²) in [5.41, 5.74) is 7.42. The zero-order valence-electron chi connectivity index (χ0n) is 12.0. The van der Waals surface area contributed by atoms with Crippen LogP contribution >= 0.6 is 0 Å². The molecule has 0 aromatic heterocycles. The normalized spacial score (nSPS) is 27.6. The van der Waals surface area contributed by atoms with Gasteiger partial charge in [0.05, 0.1) is 12.2 Å². The molecule has 0 saturated carbocycles. The van der Waals surface area contributed by atoms with E-state index >= 15 is 0 Å². The Labute approximate surface area is 119 Å². The number of fused-ring (bicyclic) bond motifs is 1. The Morgan fingerprint density at radius 1 is 1.20 bits per heavy atom. The van der Waals surface area contributed by atoms with E-state index in [1.54, 1.807) is 0 Å². The van der Waals surface area contributed by atoms with Crippen molar-refractivity contribution in [1.29, 1.82) is 0 Å². The summed E-state index contributed by atoms with van der Waals surface area (Å²) in [7, 11) is 0. The molecule has 20 heavy (non-hydrogen) atoms. The summed E-state index contributed by atoms with van der Waals surface area (Å²) in [4.78, 5) is 2.37. The Morgan fingerprint density at radius 2 is 1.90 bits per heavy atom. The first kappa shape index (κ1) is 13.7. The molecule has 2 N–H and O–H groups in total. The maximum Gasteiger partial charge on any atom is 0.231 e. The molecule has 1 aromatic carbocycles. The van der Waals surface area contributed by atoms with Gasteiger partial charge in [-0.3, -0.25) is 4.90 Å². The van der Waals surface area contributed by atoms with Crippen molar-refractivity contribution in [2.24, 2.45) is 5.73 Å². The van der Waals surface area contributed by atoms with Crippen molar-refractivity contribution in [3.63, 3.8) is 0 Å². The van der Waals surface area contributed by atoms with Crippen LogP contribution in [0.3, 0.4) is 0 Å². The van der Waals surface area contributed by atoms with Crippen LogP contribution in [0.15, 0.2) is 18.2 Å². The third kappa shape index (κ3) is 2.90. The van der Waals surface area contributed by atoms with Crippen LogP contribution in [0.2, 0.25) is 0 Å². The SMILES string of the molecule is CC1CN(CC(N)c2ccc3c(c2)OCO3)CC(C)O1. The number of nitrogens with zero attached hydrogens (tertiary/aromatic N) is 1. The van der Waals surface area contributed by atoms with Crippen molar-refractivity contribution < 1.29 is 14.2 Å². The summed E-state index contributed by atoms with van der Waals surface area (Å²) >= 11 is 0. The molecule has 3 atom stereocenters. The molecule has 0 amide bonds. The lowest BCUT2D eigenvalue weighted by Crippen LogP contribution is -2.47. The predicted octanol–water partition coefficient (Wildman–Crippen LogP) is 1.52. The Kier molecular flexibility index (Phi) is 3.83. The minimum atomic E-state index is -0.0259. The zero-order valence-corrected chi connectivity index (χ0v) is 12.0. The molecule has 3 unspecified atom stereocenters. The maximum atomic E-state index is 6.33. The number of morpholine rings is 1. The second-order valence-electron chi connectivity index (χ2n) is 5.70. The van der Waals surface area contributed by atoms with Crippen molar-refractivity contribution in [3.8, 4) is 11.5 Å². The molecule has 5 heteroatoms. The summed E-state index contributed by atoms with van der Waals surface area (Å²) in [6.07, 6.45) is 0.533. The van der Waals surface area contributed by atoms with E-state index in [0.29, 0.717) is 6.79 Å². The standard InChI is InChI=1S/C15H22N2O3/c1-10-6-17(7-11(2)20-10)8-13(16)12-3-4-14-15(5-12)19-9-18-14/h3-5,10-11,13H,6-9,16H2,1-2H3. The summed E-state index contributed by atoms with van der Waals surface area (Å²) < 4.78 is 16.5. The minimum absolute atomic E-state index is 0.0259. The van der Waals surface area contributed by atoms with Crippen molar-refractivity contribution in [1.82, 2.24) is 4.90 Å². The van der Waals surface area contributed by atoms with Crippen molar-refractivity contribution in [3.05, 3.63) is 23.8 Å². The number of rotatable bonds is 3. The first-order valence-electron chi connectivity index (χ1n) is 7.15. The first-order valence-corrected chi connectivity index (χ1v) is 7.15. The van der Waals surface area contributed by atoms with E-state index in [1.165, 1.54) is 0 Å². The molecule has 2 aliphatic heterocycles. The molecule has 1 fully saturated rings. The monoisotopic (exact) mass is 278 g/mol. The van der Waals surface area contributed by atoms with E-state index in [9.17, 15) is 0 Å². The Morgan fingerprint density at radius 3 is 2.65 bits per heavy atom. The van der Waals surface area contributed by atoms with Gasteiger partial charge in [-0.05, 0) is 31.5 Å². The average Bonchev–Trinajstić information content (AvgIpc) is 2.84. The highest BCUT2D eigenvalue weighted by molar-refractivity contribution is 5.45. The van der Waals surface area contributed by atoms with Gasteiger partial charge in [-0.2, -0.15) is 0 Å². The van der Waals surface area contributed by atoms with Gasteiger partial charge < -0.3 is 19.9 Å². The van der Waals surface area contributed by atoms with Gasteiger partial charge in [0.2, 0.25) is 6.79 Å². The summed E-state index contributed by atoms with van der Waals surface area (Å²) in [5.74, 6) is 1.59. The van der Waals surface area contributed by atoms with Crippen LogP contribution in [0.5, 0.6) is 11.5 Å². The second-order valence-corrected chi connectivity index (χ2v) is 5.70. The predicted molar refractivity (Wildman–Crippen MR) is 75.9 cm³/mol. The van der Waals surface area contributed by atoms with E-state index in [-0.39, 0.29) is 18.2 Å². The van der Waals surface area contributed by atoms with Gasteiger partial charge in [0, 0.05) is 25.7 Å². The largest absolute Gasteiger partial charge is 0.454 e. The molecule has 0 spiro atoms. The molecule has 110 valence electrons. The Bertz CT molecular complexity index is 470. The molecular weight excluding hydrogens is 256 g/mol. The van der Waals surface area contributed by atoms with E-state index in [4.69, 9.17) is 19.9 Å². The number of hydrogen-bond donors (Lipinski definition) is 1. The molecule has 0 bridgehead atoms. The van der Waals surface area contributed by atoms with Crippen LogP contribution in [0.4, 0.5) is 0 Å². The van der Waals surface area contributed by atoms with E-state index in [0.717, 1.165) is 36.7 Å². The van der Waals surface area contributed by atoms with Crippen molar-refractivity contribution in [2.75, 3.05) is 26.4 Å². The lowest BCUT2D eigenvalue weighted by molar-refractivity contribution is -0.0691. The molecule has 5 nitrogen and oxygen atoms in total. The van der Waals surface area contributed by atoms with Crippen LogP contribution in [-0.4, -0.2) is 43.5 Å². The maximum absolute atomic E-state index is 6.33. The van der Waals surface area contributed by atoms with Gasteiger partial charge >= 0.3 is 0 Å². The average molecular weight is 278 g/mol. The Hall–Kier alpha value is -1.30. The van der Waals surface area contributed by atoms with Gasteiger partial charge in [0.15, 0.2) is 11.5 Å². The molecular formula is C15H22N2O3. The Balaban J connectivity index is 1.65. The van der Waals surface area contributed by atoms with Crippen molar-refractivity contribution in [2.45, 2.75) is 32.1 Å². The van der Waals surface area contributed by atoms with E-state index in [2.05, 4.69) is 18.7 Å². The third-order valence-corrected chi connectivity index (χ3v) is 3.77. The summed E-state index contributed by atoms with van der Waals surface area (Å²) in [6.45, 7) is 7.21. The number of ether oxygens (including phenoxy) is 3. The highest BCUT2D eigenvalue weighted by Gasteiger charge is 2.24. The summed E-state index contributed by atoms with van der Waals surface area (Å²) in [6, 6.07) is 5.91. The van der Waals surface area contributed by atoms with Crippen LogP contribution in [0, 0.1) is 0 Å². The van der Waals surface area contributed by atoms with Crippen LogP contribution in [0.25, 0.3) is 0 Å². The van der Waals surface area contributed by atoms with E-state index < -0.39 is 0 Å². The smallest absolute Gasteiger partial charge is 0.231 e. The van der Waals surface area contributed by atoms with Gasteiger partial charge in [-0.1, -0.05) is 6.07 Å². The third-order valence-electron chi connectivity index (χ3n) is 3.77. The zero-order chi connectivity index (χ0) is 14.1. The molecule has 2 aliphatic rings. The lowest BCUT2D eigenvalue weighted by atomic mass is 10.1. The number of nitrogens with two attached hydrogens (primary N) is 1. The fourth-order valence-corrected chi connectivity index (χ4v) is 2.96. The molecule has 0 radical (unpaired) electrons. The quantitative estimate of drug-likeness (QED) is 0.908. The number of benzene rings is 1. The van der Waals surface area contributed by atoms with Crippen LogP contribution in [0.1, 0.15) is 25.5 Å². The molecule has 3 rings (SSSR count). The van der Waals surface area contributed by atoms with Crippen LogP contribution in [-0.2, 0) is 4.74 Å². The highest BCUT2D eigenvalue weighted by Crippen LogP contribution is 2.34. The fourth-order valence-electron chi connectivity index (χ4n) is 2.96. The molecule has 1 aromatic rings. The lowest BCUT2D eigenvalue weighted by Gasteiger charge is -2.36. The summed E-state index contributed by atoms with van der Waals surface area (Å²) in [5, 5.41) is 0. The van der Waals surface area contributed by atoms with Gasteiger partial charge in [-0.25, -0.2) is 0 Å². The van der Waals surface area contributed by atoms with E-state index in [1.807, 2.05) is 18.2 Å². The molecule has 0 aliphatic carbocycles. The minimum Gasteiger partial charge on any atom is -0.454 e. The highest BCUT2D eigenvalue weighted by atomic mass is 16.7. The molecule has 2 heterocycles. The first-order chi connectivity index (χ1) is 9.61. The van der Waals surface area contributed by atoms with Gasteiger partial charge in [0.25, 0.3) is 0 Å². The second kappa shape index (κ2) is 5.60.